The Balaban J connectivity index is 1.73. The van der Waals surface area contributed by atoms with Crippen LogP contribution in [-0.4, -0.2) is 22.0 Å². The number of halogens is 1. The number of nitrogens with zero attached hydrogens (tertiary/aromatic N) is 1. The van der Waals surface area contributed by atoms with E-state index in [0.29, 0.717) is 15.8 Å². The number of nitrogens with one attached hydrogen (secondary N) is 1. The summed E-state index contributed by atoms with van der Waals surface area (Å²) in [6, 6.07) is 7.29. The lowest BCUT2D eigenvalue weighted by molar-refractivity contribution is -0.136. The van der Waals surface area contributed by atoms with Crippen molar-refractivity contribution in [3.63, 3.8) is 0 Å². The molecule has 1 aliphatic rings. The second-order valence-electron chi connectivity index (χ2n) is 5.26. The van der Waals surface area contributed by atoms with Gasteiger partial charge in [-0.15, -0.1) is 11.3 Å². The number of hydrogen-bond donors (Lipinski definition) is 2. The van der Waals surface area contributed by atoms with E-state index in [-0.39, 0.29) is 12.3 Å². The van der Waals surface area contributed by atoms with E-state index in [9.17, 15) is 9.59 Å². The molecule has 2 aromatic rings. The molecule has 1 fully saturated rings. The fraction of sp³-hybridized carbons (Fsp3) is 0.267. The highest BCUT2D eigenvalue weighted by Gasteiger charge is 2.51. The summed E-state index contributed by atoms with van der Waals surface area (Å²) < 4.78 is 0. The van der Waals surface area contributed by atoms with Crippen molar-refractivity contribution < 1.29 is 14.7 Å². The van der Waals surface area contributed by atoms with E-state index in [1.165, 1.54) is 11.3 Å². The van der Waals surface area contributed by atoms with Crippen molar-refractivity contribution in [2.45, 2.75) is 24.7 Å². The first-order valence-corrected chi connectivity index (χ1v) is 7.99. The van der Waals surface area contributed by atoms with Gasteiger partial charge in [-0.3, -0.25) is 9.59 Å². The topological polar surface area (TPSA) is 79.3 Å². The van der Waals surface area contributed by atoms with Crippen molar-refractivity contribution in [3.8, 4) is 0 Å². The van der Waals surface area contributed by atoms with Crippen molar-refractivity contribution in [2.24, 2.45) is 0 Å². The zero-order chi connectivity index (χ0) is 15.7. The molecule has 1 aromatic carbocycles. The van der Waals surface area contributed by atoms with Gasteiger partial charge in [0.15, 0.2) is 5.13 Å². The van der Waals surface area contributed by atoms with Gasteiger partial charge in [0.25, 0.3) is 0 Å². The molecule has 2 N–H and O–H groups in total. The van der Waals surface area contributed by atoms with Crippen LogP contribution in [0.15, 0.2) is 29.6 Å². The van der Waals surface area contributed by atoms with E-state index in [2.05, 4.69) is 10.3 Å². The molecule has 0 spiro atoms. The average Bonchev–Trinajstić information content (AvgIpc) is 3.17. The number of aliphatic carboxylic acids is 1. The monoisotopic (exact) mass is 336 g/mol. The van der Waals surface area contributed by atoms with Crippen LogP contribution >= 0.6 is 22.9 Å². The van der Waals surface area contributed by atoms with Crippen LogP contribution < -0.4 is 5.32 Å². The molecule has 5 nitrogen and oxygen atoms in total. The molecule has 114 valence electrons. The minimum Gasteiger partial charge on any atom is -0.481 e. The molecule has 0 unspecified atom stereocenters. The SMILES string of the molecule is O=C(O)Cc1csc(NC(=O)C2(c3ccc(Cl)cc3)CC2)n1. The highest BCUT2D eigenvalue weighted by Crippen LogP contribution is 2.49. The van der Waals surface area contributed by atoms with Crippen LogP contribution in [0.25, 0.3) is 0 Å². The Bertz CT molecular complexity index is 723. The Hall–Kier alpha value is -1.92. The zero-order valence-corrected chi connectivity index (χ0v) is 13.1. The van der Waals surface area contributed by atoms with Crippen molar-refractivity contribution in [1.82, 2.24) is 4.98 Å². The maximum absolute atomic E-state index is 12.5. The van der Waals surface area contributed by atoms with Crippen LogP contribution in [0.1, 0.15) is 24.1 Å². The van der Waals surface area contributed by atoms with E-state index in [1.54, 1.807) is 17.5 Å². The molecule has 0 saturated heterocycles. The van der Waals surface area contributed by atoms with Crippen molar-refractivity contribution in [1.29, 1.82) is 0 Å². The van der Waals surface area contributed by atoms with E-state index in [0.717, 1.165) is 18.4 Å². The van der Waals surface area contributed by atoms with Crippen LogP contribution in [0.2, 0.25) is 5.02 Å². The first-order valence-electron chi connectivity index (χ1n) is 6.73. The number of hydrogen-bond acceptors (Lipinski definition) is 4. The van der Waals surface area contributed by atoms with Gasteiger partial charge in [0.2, 0.25) is 5.91 Å². The van der Waals surface area contributed by atoms with Crippen LogP contribution in [0.3, 0.4) is 0 Å². The third-order valence-electron chi connectivity index (χ3n) is 3.69. The molecular weight excluding hydrogens is 324 g/mol. The molecule has 7 heteroatoms. The van der Waals surface area contributed by atoms with Gasteiger partial charge in [-0.1, -0.05) is 23.7 Å². The summed E-state index contributed by atoms with van der Waals surface area (Å²) in [7, 11) is 0. The largest absolute Gasteiger partial charge is 0.481 e. The van der Waals surface area contributed by atoms with E-state index in [4.69, 9.17) is 16.7 Å². The lowest BCUT2D eigenvalue weighted by Crippen LogP contribution is -2.27. The third kappa shape index (κ3) is 2.98. The molecule has 1 saturated carbocycles. The van der Waals surface area contributed by atoms with Crippen molar-refractivity contribution >= 4 is 39.9 Å². The van der Waals surface area contributed by atoms with E-state index >= 15 is 0 Å². The molecule has 1 aliphatic carbocycles. The van der Waals surface area contributed by atoms with Gasteiger partial charge in [-0.25, -0.2) is 4.98 Å². The summed E-state index contributed by atoms with van der Waals surface area (Å²) in [6.07, 6.45) is 1.43. The number of anilines is 1. The van der Waals surface area contributed by atoms with Crippen LogP contribution in [0.5, 0.6) is 0 Å². The quantitative estimate of drug-likeness (QED) is 0.879. The van der Waals surface area contributed by atoms with Gasteiger partial charge in [-0.05, 0) is 30.5 Å². The van der Waals surface area contributed by atoms with Crippen LogP contribution in [0, 0.1) is 0 Å². The maximum atomic E-state index is 12.5. The van der Waals surface area contributed by atoms with Gasteiger partial charge < -0.3 is 10.4 Å². The highest BCUT2D eigenvalue weighted by atomic mass is 35.5. The normalized spacial score (nSPS) is 15.3. The van der Waals surface area contributed by atoms with E-state index in [1.807, 2.05) is 12.1 Å². The number of carboxylic acid groups (broad SMARTS) is 1. The Kier molecular flexibility index (Phi) is 3.88. The molecule has 1 heterocycles. The second-order valence-corrected chi connectivity index (χ2v) is 6.55. The number of rotatable bonds is 5. The predicted molar refractivity (Wildman–Crippen MR) is 84.4 cm³/mol. The standard InChI is InChI=1S/C15H13ClN2O3S/c16-10-3-1-9(2-4-10)15(5-6-15)13(21)18-14-17-11(8-22-14)7-12(19)20/h1-4,8H,5-7H2,(H,19,20)(H,17,18,21). The molecular formula is C15H13ClN2O3S. The number of carbonyl (C=O) groups excluding carboxylic acids is 1. The van der Waals surface area contributed by atoms with Gasteiger partial charge in [-0.2, -0.15) is 0 Å². The number of aromatic nitrogens is 1. The fourth-order valence-corrected chi connectivity index (χ4v) is 3.19. The number of carbonyl (C=O) groups is 2. The summed E-state index contributed by atoms with van der Waals surface area (Å²) in [5, 5.41) is 14.2. The van der Waals surface area contributed by atoms with Gasteiger partial charge in [0, 0.05) is 10.4 Å². The smallest absolute Gasteiger partial charge is 0.309 e. The molecule has 0 radical (unpaired) electrons. The molecule has 0 bridgehead atoms. The summed E-state index contributed by atoms with van der Waals surface area (Å²) in [4.78, 5) is 27.3. The van der Waals surface area contributed by atoms with Crippen LogP contribution in [-0.2, 0) is 21.4 Å². The second kappa shape index (κ2) is 5.70. The third-order valence-corrected chi connectivity index (χ3v) is 4.74. The highest BCUT2D eigenvalue weighted by molar-refractivity contribution is 7.14. The molecule has 0 atom stereocenters. The summed E-state index contributed by atoms with van der Waals surface area (Å²) >= 11 is 7.11. The lowest BCUT2D eigenvalue weighted by atomic mass is 9.95. The van der Waals surface area contributed by atoms with Crippen molar-refractivity contribution in [2.75, 3.05) is 5.32 Å². The Labute approximate surface area is 136 Å². The van der Waals surface area contributed by atoms with Crippen molar-refractivity contribution in [3.05, 3.63) is 45.9 Å². The number of amides is 1. The van der Waals surface area contributed by atoms with Gasteiger partial charge >= 0.3 is 5.97 Å². The first-order chi connectivity index (χ1) is 10.5. The summed E-state index contributed by atoms with van der Waals surface area (Å²) in [6.45, 7) is 0. The van der Waals surface area contributed by atoms with Gasteiger partial charge in [0.05, 0.1) is 17.5 Å². The fourth-order valence-electron chi connectivity index (χ4n) is 2.36. The maximum Gasteiger partial charge on any atom is 0.309 e. The minimum absolute atomic E-state index is 0.106. The molecule has 0 aliphatic heterocycles. The Morgan fingerprint density at radius 2 is 2.00 bits per heavy atom. The van der Waals surface area contributed by atoms with Crippen LogP contribution in [0.4, 0.5) is 5.13 Å². The molecule has 1 amide bonds. The zero-order valence-electron chi connectivity index (χ0n) is 11.5. The summed E-state index contributed by atoms with van der Waals surface area (Å²) in [5.74, 6) is -1.05. The summed E-state index contributed by atoms with van der Waals surface area (Å²) in [5.41, 5.74) is 0.879. The number of thiazole rings is 1. The first kappa shape index (κ1) is 15.0. The average molecular weight is 337 g/mol. The number of carboxylic acids is 1. The van der Waals surface area contributed by atoms with Gasteiger partial charge in [0.1, 0.15) is 0 Å². The van der Waals surface area contributed by atoms with E-state index < -0.39 is 11.4 Å². The molecule has 22 heavy (non-hydrogen) atoms. The molecule has 1 aromatic heterocycles. The minimum atomic E-state index is -0.942. The molecule has 3 rings (SSSR count). The Morgan fingerprint density at radius 3 is 2.59 bits per heavy atom. The predicted octanol–water partition coefficient (Wildman–Crippen LogP) is 3.09. The Morgan fingerprint density at radius 1 is 1.32 bits per heavy atom. The number of benzene rings is 1. The lowest BCUT2D eigenvalue weighted by Gasteiger charge is -2.14.